The molecule has 0 aliphatic carbocycles. The minimum atomic E-state index is 0.531. The van der Waals surface area contributed by atoms with Gasteiger partial charge in [-0.25, -0.2) is 0 Å². The molecule has 0 saturated carbocycles. The van der Waals surface area contributed by atoms with Crippen molar-refractivity contribution < 1.29 is 4.74 Å². The van der Waals surface area contributed by atoms with E-state index in [0.29, 0.717) is 6.73 Å². The first-order chi connectivity index (χ1) is 10.2. The molecule has 1 N–H and O–H groups in total. The number of hydrogen-bond acceptors (Lipinski definition) is 4. The predicted octanol–water partition coefficient (Wildman–Crippen LogP) is 3.61. The second-order valence-electron chi connectivity index (χ2n) is 5.56. The normalized spacial score (nSPS) is 16.1. The zero-order valence-electron chi connectivity index (χ0n) is 13.5. The molecule has 1 fully saturated rings. The Hall–Kier alpha value is -1.55. The number of ether oxygens (including phenoxy) is 1. The third kappa shape index (κ3) is 4.74. The Labute approximate surface area is 128 Å². The summed E-state index contributed by atoms with van der Waals surface area (Å²) in [4.78, 5) is 0. The molecule has 1 saturated heterocycles. The van der Waals surface area contributed by atoms with Crippen molar-refractivity contribution in [3.05, 3.63) is 29.3 Å². The molecule has 1 heterocycles. The van der Waals surface area contributed by atoms with Crippen LogP contribution in [-0.4, -0.2) is 37.1 Å². The predicted molar refractivity (Wildman–Crippen MR) is 88.9 cm³/mol. The highest BCUT2D eigenvalue weighted by atomic mass is 16.5. The lowest BCUT2D eigenvalue weighted by Crippen LogP contribution is -2.26. The molecule has 1 aliphatic heterocycles. The van der Waals surface area contributed by atoms with Crippen LogP contribution in [0.15, 0.2) is 23.3 Å². The zero-order valence-corrected chi connectivity index (χ0v) is 13.5. The van der Waals surface area contributed by atoms with Crippen molar-refractivity contribution in [2.45, 2.75) is 40.0 Å². The first kappa shape index (κ1) is 15.8. The molecule has 0 amide bonds. The summed E-state index contributed by atoms with van der Waals surface area (Å²) in [6.07, 6.45) is 3.83. The summed E-state index contributed by atoms with van der Waals surface area (Å²) in [5.74, 6) is 0. The fourth-order valence-electron chi connectivity index (χ4n) is 2.59. The van der Waals surface area contributed by atoms with E-state index in [1.807, 2.05) is 6.92 Å². The lowest BCUT2D eigenvalue weighted by Gasteiger charge is -2.25. The maximum atomic E-state index is 5.39. The van der Waals surface area contributed by atoms with Gasteiger partial charge >= 0.3 is 0 Å². The van der Waals surface area contributed by atoms with Crippen molar-refractivity contribution in [2.24, 2.45) is 5.10 Å². The third-order valence-corrected chi connectivity index (χ3v) is 3.76. The summed E-state index contributed by atoms with van der Waals surface area (Å²) < 4.78 is 5.39. The second kappa shape index (κ2) is 8.03. The largest absolute Gasteiger partial charge is 0.362 e. The summed E-state index contributed by atoms with van der Waals surface area (Å²) in [7, 11) is 0. The second-order valence-corrected chi connectivity index (χ2v) is 5.56. The molecule has 116 valence electrons. The summed E-state index contributed by atoms with van der Waals surface area (Å²) in [6.45, 7) is 9.61. The molecule has 0 bridgehead atoms. The van der Waals surface area contributed by atoms with Crippen molar-refractivity contribution in [1.29, 1.82) is 0 Å². The van der Waals surface area contributed by atoms with Gasteiger partial charge in [0, 0.05) is 30.9 Å². The highest BCUT2D eigenvalue weighted by molar-refractivity contribution is 6.03. The average molecular weight is 289 g/mol. The van der Waals surface area contributed by atoms with Crippen LogP contribution in [0.4, 0.5) is 5.69 Å². The van der Waals surface area contributed by atoms with E-state index in [9.17, 15) is 0 Å². The van der Waals surface area contributed by atoms with E-state index in [1.165, 1.54) is 30.4 Å². The monoisotopic (exact) mass is 289 g/mol. The van der Waals surface area contributed by atoms with E-state index < -0.39 is 0 Å². The molecule has 1 aliphatic rings. The van der Waals surface area contributed by atoms with Gasteiger partial charge in [-0.15, -0.1) is 0 Å². The van der Waals surface area contributed by atoms with E-state index in [0.717, 1.165) is 31.1 Å². The molecule has 0 atom stereocenters. The van der Waals surface area contributed by atoms with Crippen LogP contribution in [0, 0.1) is 6.92 Å². The summed E-state index contributed by atoms with van der Waals surface area (Å²) >= 11 is 0. The SMILES string of the molecule is CCOCNc1ccc(C)cc1/C(C)=N/N1CCCCC1. The first-order valence-corrected chi connectivity index (χ1v) is 7.93. The number of aryl methyl sites for hydroxylation is 1. The van der Waals surface area contributed by atoms with Gasteiger partial charge in [-0.1, -0.05) is 11.6 Å². The van der Waals surface area contributed by atoms with Gasteiger partial charge in [0.2, 0.25) is 0 Å². The molecule has 0 spiro atoms. The van der Waals surface area contributed by atoms with Crippen LogP contribution >= 0.6 is 0 Å². The number of hydrazone groups is 1. The van der Waals surface area contributed by atoms with Crippen molar-refractivity contribution in [1.82, 2.24) is 5.01 Å². The van der Waals surface area contributed by atoms with Gasteiger partial charge in [0.25, 0.3) is 0 Å². The van der Waals surface area contributed by atoms with Crippen LogP contribution in [0.2, 0.25) is 0 Å². The molecule has 4 nitrogen and oxygen atoms in total. The molecule has 0 aromatic heterocycles. The first-order valence-electron chi connectivity index (χ1n) is 7.93. The van der Waals surface area contributed by atoms with Crippen LogP contribution in [0.3, 0.4) is 0 Å². The van der Waals surface area contributed by atoms with Crippen LogP contribution in [0.1, 0.15) is 44.2 Å². The lowest BCUT2D eigenvalue weighted by atomic mass is 10.1. The van der Waals surface area contributed by atoms with E-state index in [1.54, 1.807) is 0 Å². The van der Waals surface area contributed by atoms with E-state index in [2.05, 4.69) is 42.4 Å². The Kier molecular flexibility index (Phi) is 6.05. The van der Waals surface area contributed by atoms with Gasteiger partial charge in [0.1, 0.15) is 6.73 Å². The molecule has 0 radical (unpaired) electrons. The Morgan fingerprint density at radius 1 is 1.29 bits per heavy atom. The number of hydrogen-bond donors (Lipinski definition) is 1. The summed E-state index contributed by atoms with van der Waals surface area (Å²) in [5, 5.41) is 10.3. The Bertz CT molecular complexity index is 479. The lowest BCUT2D eigenvalue weighted by molar-refractivity contribution is 0.167. The van der Waals surface area contributed by atoms with Gasteiger partial charge in [-0.05, 0) is 52.2 Å². The number of rotatable bonds is 6. The molecule has 21 heavy (non-hydrogen) atoms. The van der Waals surface area contributed by atoms with Gasteiger partial charge in [0.15, 0.2) is 0 Å². The van der Waals surface area contributed by atoms with Crippen molar-refractivity contribution in [2.75, 3.05) is 31.7 Å². The molecular weight excluding hydrogens is 262 g/mol. The Balaban J connectivity index is 2.15. The minimum Gasteiger partial charge on any atom is -0.362 e. The Morgan fingerprint density at radius 3 is 2.76 bits per heavy atom. The van der Waals surface area contributed by atoms with Crippen LogP contribution < -0.4 is 5.32 Å². The fourth-order valence-corrected chi connectivity index (χ4v) is 2.59. The van der Waals surface area contributed by atoms with E-state index in [4.69, 9.17) is 9.84 Å². The Morgan fingerprint density at radius 2 is 2.05 bits per heavy atom. The maximum absolute atomic E-state index is 5.39. The smallest absolute Gasteiger partial charge is 0.116 e. The molecule has 1 aromatic rings. The number of nitrogens with zero attached hydrogens (tertiary/aromatic N) is 2. The highest BCUT2D eigenvalue weighted by Gasteiger charge is 2.11. The van der Waals surface area contributed by atoms with Gasteiger partial charge in [0.05, 0.1) is 5.71 Å². The van der Waals surface area contributed by atoms with Crippen molar-refractivity contribution in [3.63, 3.8) is 0 Å². The van der Waals surface area contributed by atoms with Gasteiger partial charge in [-0.3, -0.25) is 5.01 Å². The molecule has 2 rings (SSSR count). The van der Waals surface area contributed by atoms with Crippen molar-refractivity contribution in [3.8, 4) is 0 Å². The third-order valence-electron chi connectivity index (χ3n) is 3.76. The van der Waals surface area contributed by atoms with Crippen LogP contribution in [0.25, 0.3) is 0 Å². The molecule has 1 aromatic carbocycles. The zero-order chi connectivity index (χ0) is 15.1. The van der Waals surface area contributed by atoms with Gasteiger partial charge < -0.3 is 10.1 Å². The van der Waals surface area contributed by atoms with E-state index in [-0.39, 0.29) is 0 Å². The maximum Gasteiger partial charge on any atom is 0.116 e. The highest BCUT2D eigenvalue weighted by Crippen LogP contribution is 2.19. The minimum absolute atomic E-state index is 0.531. The topological polar surface area (TPSA) is 36.9 Å². The number of piperidine rings is 1. The van der Waals surface area contributed by atoms with Crippen molar-refractivity contribution >= 4 is 11.4 Å². The standard InChI is InChI=1S/C17H27N3O/c1-4-21-13-18-17-9-8-14(2)12-16(17)15(3)19-20-10-6-5-7-11-20/h8-9,12,18H,4-7,10-11,13H2,1-3H3/b19-15+. The quantitative estimate of drug-likeness (QED) is 0.494. The van der Waals surface area contributed by atoms with E-state index >= 15 is 0 Å². The summed E-state index contributed by atoms with van der Waals surface area (Å²) in [5.41, 5.74) is 4.58. The number of nitrogens with one attached hydrogen (secondary N) is 1. The summed E-state index contributed by atoms with van der Waals surface area (Å²) in [6, 6.07) is 6.42. The fraction of sp³-hybridized carbons (Fsp3) is 0.588. The van der Waals surface area contributed by atoms with Gasteiger partial charge in [-0.2, -0.15) is 5.10 Å². The van der Waals surface area contributed by atoms with Crippen LogP contribution in [-0.2, 0) is 4.74 Å². The number of benzene rings is 1. The average Bonchev–Trinajstić information content (AvgIpc) is 2.50. The molecule has 0 unspecified atom stereocenters. The molecular formula is C17H27N3O. The van der Waals surface area contributed by atoms with Crippen LogP contribution in [0.5, 0.6) is 0 Å². The number of anilines is 1. The molecule has 4 heteroatoms.